The molecule has 184 valence electrons. The first-order chi connectivity index (χ1) is 17.2. The molecule has 1 heterocycles. The van der Waals surface area contributed by atoms with E-state index in [0.717, 1.165) is 30.9 Å². The Kier molecular flexibility index (Phi) is 8.32. The number of thioether (sulfide) groups is 1. The van der Waals surface area contributed by atoms with Crippen molar-refractivity contribution in [3.05, 3.63) is 100 Å². The van der Waals surface area contributed by atoms with E-state index in [1.165, 1.54) is 24.1 Å². The highest BCUT2D eigenvalue weighted by molar-refractivity contribution is 14.1. The normalized spacial score (nSPS) is 14.4. The van der Waals surface area contributed by atoms with Crippen LogP contribution in [0.4, 0.5) is 10.5 Å². The summed E-state index contributed by atoms with van der Waals surface area (Å²) in [5.74, 6) is 0.626. The van der Waals surface area contributed by atoms with E-state index >= 15 is 0 Å². The van der Waals surface area contributed by atoms with Gasteiger partial charge in [-0.3, -0.25) is 24.6 Å². The zero-order valence-electron chi connectivity index (χ0n) is 18.8. The molecule has 0 aromatic heterocycles. The molecule has 0 bridgehead atoms. The molecule has 1 fully saturated rings. The number of carbonyl (C=O) groups excluding carboxylic acids is 2. The van der Waals surface area contributed by atoms with Crippen LogP contribution in [-0.4, -0.2) is 28.1 Å². The van der Waals surface area contributed by atoms with Crippen molar-refractivity contribution in [2.75, 3.05) is 7.11 Å². The Morgan fingerprint density at radius 3 is 2.39 bits per heavy atom. The number of hydrogen-bond acceptors (Lipinski definition) is 7. The van der Waals surface area contributed by atoms with Gasteiger partial charge in [0.25, 0.3) is 16.8 Å². The monoisotopic (exact) mass is 680 g/mol. The summed E-state index contributed by atoms with van der Waals surface area (Å²) < 4.78 is 13.1. The molecule has 0 spiro atoms. The van der Waals surface area contributed by atoms with E-state index in [1.807, 2.05) is 30.3 Å². The van der Waals surface area contributed by atoms with Gasteiger partial charge in [0.1, 0.15) is 6.61 Å². The van der Waals surface area contributed by atoms with Crippen LogP contribution in [0, 0.1) is 13.7 Å². The molecule has 1 saturated heterocycles. The molecule has 0 N–H and O–H groups in total. The minimum atomic E-state index is -0.454. The number of nitro benzene ring substituents is 1. The molecular formula is C25H18BrIN2O6S. The predicted molar refractivity (Wildman–Crippen MR) is 149 cm³/mol. The molecule has 3 aromatic carbocycles. The predicted octanol–water partition coefficient (Wildman–Crippen LogP) is 6.79. The fourth-order valence-electron chi connectivity index (χ4n) is 3.39. The smallest absolute Gasteiger partial charge is 0.293 e. The van der Waals surface area contributed by atoms with Crippen molar-refractivity contribution >= 4 is 73.2 Å². The molecule has 1 aliphatic heterocycles. The van der Waals surface area contributed by atoms with Crippen LogP contribution < -0.4 is 9.47 Å². The largest absolute Gasteiger partial charge is 0.493 e. The molecule has 0 atom stereocenters. The topological polar surface area (TPSA) is 99.0 Å². The first-order valence-corrected chi connectivity index (χ1v) is 13.2. The zero-order chi connectivity index (χ0) is 25.8. The number of nitrogens with zero attached hydrogens (tertiary/aromatic N) is 2. The second-order valence-electron chi connectivity index (χ2n) is 7.64. The van der Waals surface area contributed by atoms with Crippen molar-refractivity contribution in [2.45, 2.75) is 13.2 Å². The second kappa shape index (κ2) is 11.4. The molecule has 2 amide bonds. The molecule has 0 radical (unpaired) electrons. The average Bonchev–Trinajstić information content (AvgIpc) is 3.11. The van der Waals surface area contributed by atoms with Crippen LogP contribution in [0.5, 0.6) is 11.5 Å². The average molecular weight is 681 g/mol. The molecular weight excluding hydrogens is 663 g/mol. The molecule has 0 aliphatic carbocycles. The molecule has 8 nitrogen and oxygen atoms in total. The lowest BCUT2D eigenvalue weighted by atomic mass is 10.1. The van der Waals surface area contributed by atoms with Gasteiger partial charge < -0.3 is 9.47 Å². The first kappa shape index (κ1) is 26.2. The summed E-state index contributed by atoms with van der Waals surface area (Å²) in [5, 5.41) is 10.5. The number of imide groups is 1. The van der Waals surface area contributed by atoms with Gasteiger partial charge in [-0.25, -0.2) is 0 Å². The zero-order valence-corrected chi connectivity index (χ0v) is 23.3. The lowest BCUT2D eigenvalue weighted by Gasteiger charge is -2.14. The number of methoxy groups -OCH3 is 1. The van der Waals surface area contributed by atoms with E-state index in [2.05, 4.69) is 38.5 Å². The molecule has 36 heavy (non-hydrogen) atoms. The van der Waals surface area contributed by atoms with E-state index in [-0.39, 0.29) is 30.0 Å². The van der Waals surface area contributed by atoms with Crippen LogP contribution in [0.2, 0.25) is 0 Å². The Labute approximate surface area is 233 Å². The molecule has 11 heteroatoms. The van der Waals surface area contributed by atoms with Gasteiger partial charge in [0.05, 0.1) is 27.1 Å². The van der Waals surface area contributed by atoms with Crippen LogP contribution in [0.1, 0.15) is 16.7 Å². The summed E-state index contributed by atoms with van der Waals surface area (Å²) >= 11 is 6.39. The van der Waals surface area contributed by atoms with Gasteiger partial charge in [-0.05, 0) is 93.5 Å². The number of nitro groups is 1. The summed E-state index contributed by atoms with van der Waals surface area (Å²) in [7, 11) is 1.51. The summed E-state index contributed by atoms with van der Waals surface area (Å²) in [4.78, 5) is 37.4. The van der Waals surface area contributed by atoms with E-state index in [1.54, 1.807) is 24.3 Å². The number of rotatable bonds is 8. The number of halogens is 2. The van der Waals surface area contributed by atoms with Crippen molar-refractivity contribution in [3.8, 4) is 11.5 Å². The second-order valence-corrected chi connectivity index (χ2v) is 10.7. The van der Waals surface area contributed by atoms with Crippen LogP contribution in [0.3, 0.4) is 0 Å². The van der Waals surface area contributed by atoms with Crippen molar-refractivity contribution < 1.29 is 24.0 Å². The van der Waals surface area contributed by atoms with Crippen molar-refractivity contribution in [1.29, 1.82) is 0 Å². The van der Waals surface area contributed by atoms with Gasteiger partial charge in [0.15, 0.2) is 11.5 Å². The number of benzene rings is 3. The molecule has 3 aromatic rings. The summed E-state index contributed by atoms with van der Waals surface area (Å²) in [5.41, 5.74) is 2.32. The van der Waals surface area contributed by atoms with E-state index in [0.29, 0.717) is 22.0 Å². The number of ether oxygens (including phenoxy) is 2. The Hall–Kier alpha value is -2.90. The van der Waals surface area contributed by atoms with Crippen LogP contribution in [0.25, 0.3) is 6.08 Å². The Morgan fingerprint density at radius 1 is 1.08 bits per heavy atom. The number of hydrogen-bond donors (Lipinski definition) is 0. The number of amides is 2. The van der Waals surface area contributed by atoms with E-state index < -0.39 is 4.92 Å². The van der Waals surface area contributed by atoms with E-state index in [4.69, 9.17) is 9.47 Å². The minimum Gasteiger partial charge on any atom is -0.493 e. The fraction of sp³-hybridized carbons (Fsp3) is 0.120. The van der Waals surface area contributed by atoms with Gasteiger partial charge in [0, 0.05) is 16.6 Å². The quantitative estimate of drug-likeness (QED) is 0.112. The standard InChI is InChI=1S/C25H18BrIN2O6S/c1-34-21-11-17(10-20(27)23(21)35-14-16-4-8-19(9-5-16)29(32)33)12-22-24(30)28(25(31)36-22)13-15-2-6-18(26)7-3-15/h2-12H,13-14H2,1H3/b22-12-. The highest BCUT2D eigenvalue weighted by Gasteiger charge is 2.35. The molecule has 0 saturated carbocycles. The fourth-order valence-corrected chi connectivity index (χ4v) is 5.28. The molecule has 1 aliphatic rings. The summed E-state index contributed by atoms with van der Waals surface area (Å²) in [6, 6.07) is 17.1. The number of carbonyl (C=O) groups is 2. The maximum atomic E-state index is 12.9. The van der Waals surface area contributed by atoms with Crippen molar-refractivity contribution in [2.24, 2.45) is 0 Å². The van der Waals surface area contributed by atoms with Gasteiger partial charge in [0.2, 0.25) is 0 Å². The SMILES string of the molecule is COc1cc(/C=C2\SC(=O)N(Cc3ccc(Br)cc3)C2=O)cc(I)c1OCc1ccc([N+](=O)[O-])cc1. The van der Waals surface area contributed by atoms with Gasteiger partial charge in [-0.2, -0.15) is 0 Å². The van der Waals surface area contributed by atoms with Gasteiger partial charge in [-0.15, -0.1) is 0 Å². The highest BCUT2D eigenvalue weighted by atomic mass is 127. The van der Waals surface area contributed by atoms with Crippen molar-refractivity contribution in [1.82, 2.24) is 4.90 Å². The van der Waals surface area contributed by atoms with Gasteiger partial charge in [-0.1, -0.05) is 28.1 Å². The summed E-state index contributed by atoms with van der Waals surface area (Å²) in [6.45, 7) is 0.393. The van der Waals surface area contributed by atoms with Crippen LogP contribution in [-0.2, 0) is 17.9 Å². The molecule has 0 unspecified atom stereocenters. The third-order valence-electron chi connectivity index (χ3n) is 5.21. The first-order valence-electron chi connectivity index (χ1n) is 10.5. The third-order valence-corrected chi connectivity index (χ3v) is 7.44. The lowest BCUT2D eigenvalue weighted by molar-refractivity contribution is -0.384. The van der Waals surface area contributed by atoms with E-state index in [9.17, 15) is 19.7 Å². The Balaban J connectivity index is 1.50. The molecule has 4 rings (SSSR count). The third kappa shape index (κ3) is 6.08. The maximum absolute atomic E-state index is 12.9. The number of non-ortho nitro benzene ring substituents is 1. The summed E-state index contributed by atoms with van der Waals surface area (Å²) in [6.07, 6.45) is 1.66. The Bertz CT molecular complexity index is 1360. The van der Waals surface area contributed by atoms with Crippen LogP contribution >= 0.6 is 50.3 Å². The highest BCUT2D eigenvalue weighted by Crippen LogP contribution is 2.38. The van der Waals surface area contributed by atoms with Crippen LogP contribution in [0.15, 0.2) is 70.0 Å². The van der Waals surface area contributed by atoms with Crippen molar-refractivity contribution in [3.63, 3.8) is 0 Å². The minimum absolute atomic E-state index is 0.0107. The van der Waals surface area contributed by atoms with Gasteiger partial charge >= 0.3 is 0 Å². The Morgan fingerprint density at radius 2 is 1.75 bits per heavy atom. The lowest BCUT2D eigenvalue weighted by Crippen LogP contribution is -2.27. The maximum Gasteiger partial charge on any atom is 0.293 e.